The highest BCUT2D eigenvalue weighted by Gasteiger charge is 2.17. The van der Waals surface area contributed by atoms with Crippen LogP contribution in [0.4, 0.5) is 5.69 Å². The lowest BCUT2D eigenvalue weighted by molar-refractivity contribution is -0.384. The first kappa shape index (κ1) is 19.0. The van der Waals surface area contributed by atoms with Crippen molar-refractivity contribution in [3.8, 4) is 0 Å². The molecule has 0 unspecified atom stereocenters. The molecule has 0 heterocycles. The maximum Gasteiger partial charge on any atom is 0.269 e. The van der Waals surface area contributed by atoms with E-state index >= 15 is 0 Å². The summed E-state index contributed by atoms with van der Waals surface area (Å²) in [5, 5.41) is 13.8. The third-order valence-corrected chi connectivity index (χ3v) is 4.39. The molecule has 1 amide bonds. The molecule has 0 spiro atoms. The summed E-state index contributed by atoms with van der Waals surface area (Å²) in [6, 6.07) is 25.4. The predicted molar refractivity (Wildman–Crippen MR) is 110 cm³/mol. The van der Waals surface area contributed by atoms with Crippen LogP contribution in [0, 0.1) is 10.1 Å². The molecule has 0 saturated heterocycles. The van der Waals surface area contributed by atoms with Crippen molar-refractivity contribution in [2.45, 2.75) is 13.0 Å². The minimum absolute atomic E-state index is 0.0208. The molecule has 0 radical (unpaired) electrons. The van der Waals surface area contributed by atoms with Gasteiger partial charge >= 0.3 is 0 Å². The van der Waals surface area contributed by atoms with Crippen molar-refractivity contribution in [2.24, 2.45) is 0 Å². The summed E-state index contributed by atoms with van der Waals surface area (Å²) < 4.78 is 0. The van der Waals surface area contributed by atoms with Crippen LogP contribution in [0.25, 0.3) is 6.08 Å². The first-order chi connectivity index (χ1) is 13.5. The number of nitrogens with one attached hydrogen (secondary N) is 1. The Bertz CT molecular complexity index is 942. The van der Waals surface area contributed by atoms with E-state index in [1.807, 2.05) is 60.7 Å². The number of benzene rings is 3. The van der Waals surface area contributed by atoms with Crippen LogP contribution in [0.1, 0.15) is 29.7 Å². The van der Waals surface area contributed by atoms with Crippen LogP contribution in [0.15, 0.2) is 90.5 Å². The van der Waals surface area contributed by atoms with Gasteiger partial charge in [-0.2, -0.15) is 0 Å². The monoisotopic (exact) mass is 372 g/mol. The van der Waals surface area contributed by atoms with Gasteiger partial charge in [-0.3, -0.25) is 14.9 Å². The van der Waals surface area contributed by atoms with Crippen LogP contribution >= 0.6 is 0 Å². The molecular weight excluding hydrogens is 352 g/mol. The molecule has 28 heavy (non-hydrogen) atoms. The maximum atomic E-state index is 12.8. The second kappa shape index (κ2) is 8.77. The Morgan fingerprint density at radius 3 is 1.86 bits per heavy atom. The summed E-state index contributed by atoms with van der Waals surface area (Å²) in [4.78, 5) is 23.1. The number of carbonyl (C=O) groups is 1. The number of nitro benzene ring substituents is 1. The predicted octanol–water partition coefficient (Wildman–Crippen LogP) is 4.90. The van der Waals surface area contributed by atoms with E-state index in [-0.39, 0.29) is 17.6 Å². The van der Waals surface area contributed by atoms with E-state index in [0.29, 0.717) is 5.57 Å². The number of hydrogen-bond acceptors (Lipinski definition) is 3. The molecule has 5 nitrogen and oxygen atoms in total. The summed E-state index contributed by atoms with van der Waals surface area (Å²) in [5.74, 6) is -0.198. The molecular formula is C23H20N2O3. The zero-order valence-electron chi connectivity index (χ0n) is 15.4. The Kier molecular flexibility index (Phi) is 5.97. The van der Waals surface area contributed by atoms with E-state index in [2.05, 4.69) is 5.32 Å². The molecule has 3 aromatic rings. The topological polar surface area (TPSA) is 72.2 Å². The molecule has 0 aliphatic heterocycles. The average molecular weight is 372 g/mol. The number of carbonyl (C=O) groups excluding carboxylic acids is 1. The van der Waals surface area contributed by atoms with Crippen molar-refractivity contribution in [3.63, 3.8) is 0 Å². The number of nitro groups is 1. The van der Waals surface area contributed by atoms with E-state index in [1.54, 1.807) is 25.1 Å². The Morgan fingerprint density at radius 1 is 0.893 bits per heavy atom. The maximum absolute atomic E-state index is 12.8. The summed E-state index contributed by atoms with van der Waals surface area (Å²) >= 11 is 0. The molecule has 0 aromatic heterocycles. The fraction of sp³-hybridized carbons (Fsp3) is 0.0870. The normalized spacial score (nSPS) is 11.3. The second-order valence-corrected chi connectivity index (χ2v) is 6.40. The van der Waals surface area contributed by atoms with Gasteiger partial charge in [0.1, 0.15) is 0 Å². The standard InChI is InChI=1S/C23H20N2O3/c1-17(16-18-12-14-21(15-13-18)25(27)28)23(26)24-22(19-8-4-2-5-9-19)20-10-6-3-7-11-20/h2-16,22H,1H3,(H,24,26)/b17-16+. The van der Waals surface area contributed by atoms with Gasteiger partial charge in [0.15, 0.2) is 0 Å². The summed E-state index contributed by atoms with van der Waals surface area (Å²) in [7, 11) is 0. The Hall–Kier alpha value is -3.73. The van der Waals surface area contributed by atoms with Crippen LogP contribution in [0.2, 0.25) is 0 Å². The van der Waals surface area contributed by atoms with Gasteiger partial charge in [0.05, 0.1) is 11.0 Å². The Morgan fingerprint density at radius 2 is 1.39 bits per heavy atom. The lowest BCUT2D eigenvalue weighted by atomic mass is 9.98. The first-order valence-electron chi connectivity index (χ1n) is 8.88. The third-order valence-electron chi connectivity index (χ3n) is 4.39. The zero-order chi connectivity index (χ0) is 19.9. The van der Waals surface area contributed by atoms with Crippen LogP contribution in [0.3, 0.4) is 0 Å². The van der Waals surface area contributed by atoms with E-state index in [0.717, 1.165) is 16.7 Å². The molecule has 1 N–H and O–H groups in total. The van der Waals surface area contributed by atoms with Gasteiger partial charge in [-0.15, -0.1) is 0 Å². The van der Waals surface area contributed by atoms with E-state index in [4.69, 9.17) is 0 Å². The molecule has 0 aliphatic rings. The van der Waals surface area contributed by atoms with Crippen molar-refractivity contribution < 1.29 is 9.72 Å². The lowest BCUT2D eigenvalue weighted by Gasteiger charge is -2.20. The molecule has 0 atom stereocenters. The van der Waals surface area contributed by atoms with Crippen LogP contribution < -0.4 is 5.32 Å². The number of nitrogens with zero attached hydrogens (tertiary/aromatic N) is 1. The highest BCUT2D eigenvalue weighted by molar-refractivity contribution is 5.97. The number of amides is 1. The molecule has 140 valence electrons. The lowest BCUT2D eigenvalue weighted by Crippen LogP contribution is -2.29. The van der Waals surface area contributed by atoms with Gasteiger partial charge in [0, 0.05) is 17.7 Å². The van der Waals surface area contributed by atoms with E-state index in [1.165, 1.54) is 12.1 Å². The van der Waals surface area contributed by atoms with Crippen LogP contribution in [-0.2, 0) is 4.79 Å². The second-order valence-electron chi connectivity index (χ2n) is 6.40. The smallest absolute Gasteiger partial charge is 0.269 e. The van der Waals surface area contributed by atoms with Gasteiger partial charge < -0.3 is 5.32 Å². The van der Waals surface area contributed by atoms with Crippen molar-refractivity contribution in [2.75, 3.05) is 0 Å². The van der Waals surface area contributed by atoms with Crippen molar-refractivity contribution in [1.29, 1.82) is 0 Å². The van der Waals surface area contributed by atoms with Gasteiger partial charge in [-0.25, -0.2) is 0 Å². The molecule has 3 rings (SSSR count). The van der Waals surface area contributed by atoms with Gasteiger partial charge in [0.25, 0.3) is 5.69 Å². The van der Waals surface area contributed by atoms with Gasteiger partial charge in [0.2, 0.25) is 5.91 Å². The highest BCUT2D eigenvalue weighted by atomic mass is 16.6. The third kappa shape index (κ3) is 4.71. The van der Waals surface area contributed by atoms with E-state index in [9.17, 15) is 14.9 Å². The van der Waals surface area contributed by atoms with Crippen LogP contribution in [-0.4, -0.2) is 10.8 Å². The molecule has 3 aromatic carbocycles. The molecule has 0 saturated carbocycles. The minimum Gasteiger partial charge on any atom is -0.341 e. The minimum atomic E-state index is -0.447. The molecule has 0 aliphatic carbocycles. The summed E-state index contributed by atoms with van der Waals surface area (Å²) in [6.07, 6.45) is 1.71. The van der Waals surface area contributed by atoms with E-state index < -0.39 is 4.92 Å². The molecule has 0 fully saturated rings. The Labute approximate surface area is 163 Å². The molecule has 5 heteroatoms. The fourth-order valence-electron chi connectivity index (χ4n) is 2.90. The zero-order valence-corrected chi connectivity index (χ0v) is 15.4. The number of non-ortho nitro benzene ring substituents is 1. The average Bonchev–Trinajstić information content (AvgIpc) is 2.73. The van der Waals surface area contributed by atoms with Crippen molar-refractivity contribution in [3.05, 3.63) is 117 Å². The van der Waals surface area contributed by atoms with Crippen molar-refractivity contribution >= 4 is 17.7 Å². The van der Waals surface area contributed by atoms with Gasteiger partial charge in [-0.05, 0) is 41.8 Å². The quantitative estimate of drug-likeness (QED) is 0.380. The first-order valence-corrected chi connectivity index (χ1v) is 8.88. The number of hydrogen-bond donors (Lipinski definition) is 1. The summed E-state index contributed by atoms with van der Waals surface area (Å²) in [5.41, 5.74) is 3.25. The largest absolute Gasteiger partial charge is 0.341 e. The molecule has 0 bridgehead atoms. The SMILES string of the molecule is C/C(=C\c1ccc([N+](=O)[O-])cc1)C(=O)NC(c1ccccc1)c1ccccc1. The fourth-order valence-corrected chi connectivity index (χ4v) is 2.90. The van der Waals surface area contributed by atoms with Gasteiger partial charge in [-0.1, -0.05) is 60.7 Å². The van der Waals surface area contributed by atoms with Crippen molar-refractivity contribution in [1.82, 2.24) is 5.32 Å². The number of rotatable bonds is 6. The highest BCUT2D eigenvalue weighted by Crippen LogP contribution is 2.22. The Balaban J connectivity index is 1.82. The summed E-state index contributed by atoms with van der Waals surface area (Å²) in [6.45, 7) is 1.73. The van der Waals surface area contributed by atoms with Crippen LogP contribution in [0.5, 0.6) is 0 Å².